The normalized spacial score (nSPS) is 11.6. The Morgan fingerprint density at radius 1 is 1.58 bits per heavy atom. The molecule has 1 rings (SSSR count). The van der Waals surface area contributed by atoms with E-state index in [0.717, 1.165) is 13.0 Å². The van der Waals surface area contributed by atoms with E-state index in [2.05, 4.69) is 11.4 Å². The average molecular weight is 263 g/mol. The Bertz CT molecular complexity index is 457. The van der Waals surface area contributed by atoms with Gasteiger partial charge in [0.25, 0.3) is 5.69 Å². The molecule has 1 N–H and O–H groups in total. The quantitative estimate of drug-likeness (QED) is 0.574. The molecule has 1 atom stereocenters. The smallest absolute Gasteiger partial charge is 0.273 e. The zero-order valence-corrected chi connectivity index (χ0v) is 10.8. The lowest BCUT2D eigenvalue weighted by atomic mass is 10.2. The Morgan fingerprint density at radius 2 is 2.37 bits per heavy atom. The van der Waals surface area contributed by atoms with E-state index in [1.165, 1.54) is 12.1 Å². The SMILES string of the molecule is CCCNC(C#N)CCOc1cccc([N+](=O)[O-])c1. The predicted octanol–water partition coefficient (Wildman–Crippen LogP) is 2.26. The van der Waals surface area contributed by atoms with Crippen LogP contribution in [0.5, 0.6) is 5.75 Å². The van der Waals surface area contributed by atoms with Crippen LogP contribution in [-0.2, 0) is 0 Å². The molecule has 0 amide bonds. The second-order valence-electron chi connectivity index (χ2n) is 4.03. The minimum absolute atomic E-state index is 0.00144. The highest BCUT2D eigenvalue weighted by Crippen LogP contribution is 2.19. The first-order chi connectivity index (χ1) is 9.17. The van der Waals surface area contributed by atoms with Crippen molar-refractivity contribution >= 4 is 5.69 Å². The summed E-state index contributed by atoms with van der Waals surface area (Å²) in [4.78, 5) is 10.1. The summed E-state index contributed by atoms with van der Waals surface area (Å²) < 4.78 is 5.41. The molecule has 19 heavy (non-hydrogen) atoms. The Morgan fingerprint density at radius 3 is 3.00 bits per heavy atom. The molecule has 102 valence electrons. The standard InChI is InChI=1S/C13H17N3O3/c1-2-7-15-11(10-14)6-8-19-13-5-3-4-12(9-13)16(17)18/h3-5,9,11,15H,2,6-8H2,1H3. The van der Waals surface area contributed by atoms with Gasteiger partial charge in [0.1, 0.15) is 5.75 Å². The minimum Gasteiger partial charge on any atom is -0.493 e. The van der Waals surface area contributed by atoms with Crippen LogP contribution in [-0.4, -0.2) is 24.1 Å². The van der Waals surface area contributed by atoms with Gasteiger partial charge in [-0.3, -0.25) is 10.1 Å². The lowest BCUT2D eigenvalue weighted by Crippen LogP contribution is -2.29. The third kappa shape index (κ3) is 5.36. The van der Waals surface area contributed by atoms with E-state index in [0.29, 0.717) is 18.8 Å². The van der Waals surface area contributed by atoms with Crippen LogP contribution in [0.1, 0.15) is 19.8 Å². The number of rotatable bonds is 8. The fourth-order valence-electron chi connectivity index (χ4n) is 1.51. The van der Waals surface area contributed by atoms with E-state index >= 15 is 0 Å². The molecule has 0 aliphatic heterocycles. The van der Waals surface area contributed by atoms with Gasteiger partial charge in [0, 0.05) is 12.5 Å². The Balaban J connectivity index is 2.42. The minimum atomic E-state index is -0.465. The van der Waals surface area contributed by atoms with E-state index in [-0.39, 0.29) is 11.7 Å². The highest BCUT2D eigenvalue weighted by atomic mass is 16.6. The molecule has 6 heteroatoms. The van der Waals surface area contributed by atoms with Gasteiger partial charge in [0.05, 0.1) is 29.7 Å². The Labute approximate surface area is 112 Å². The lowest BCUT2D eigenvalue weighted by molar-refractivity contribution is -0.384. The van der Waals surface area contributed by atoms with Crippen LogP contribution in [0, 0.1) is 21.4 Å². The largest absolute Gasteiger partial charge is 0.493 e. The molecule has 0 fully saturated rings. The summed E-state index contributed by atoms with van der Waals surface area (Å²) in [6.07, 6.45) is 1.50. The van der Waals surface area contributed by atoms with E-state index in [1.807, 2.05) is 6.92 Å². The number of nitrogens with zero attached hydrogens (tertiary/aromatic N) is 2. The van der Waals surface area contributed by atoms with Crippen molar-refractivity contribution in [2.24, 2.45) is 0 Å². The molecule has 0 aromatic heterocycles. The van der Waals surface area contributed by atoms with Gasteiger partial charge in [-0.1, -0.05) is 13.0 Å². The predicted molar refractivity (Wildman–Crippen MR) is 70.9 cm³/mol. The number of benzene rings is 1. The third-order valence-electron chi connectivity index (χ3n) is 2.50. The fraction of sp³-hybridized carbons (Fsp3) is 0.462. The lowest BCUT2D eigenvalue weighted by Gasteiger charge is -2.11. The number of nitro benzene ring substituents is 1. The molecule has 1 aromatic rings. The number of non-ortho nitro benzene ring substituents is 1. The molecular weight excluding hydrogens is 246 g/mol. The molecule has 0 aliphatic rings. The van der Waals surface area contributed by atoms with Gasteiger partial charge in [0.2, 0.25) is 0 Å². The van der Waals surface area contributed by atoms with Crippen LogP contribution < -0.4 is 10.1 Å². The van der Waals surface area contributed by atoms with Crippen LogP contribution in [0.3, 0.4) is 0 Å². The maximum absolute atomic E-state index is 10.6. The number of nitrogens with one attached hydrogen (secondary N) is 1. The zero-order chi connectivity index (χ0) is 14.1. The molecule has 0 bridgehead atoms. The Kier molecular flexibility index (Phi) is 6.33. The molecule has 1 unspecified atom stereocenters. The summed E-state index contributed by atoms with van der Waals surface area (Å²) >= 11 is 0. The van der Waals surface area contributed by atoms with E-state index in [9.17, 15) is 10.1 Å². The second-order valence-corrected chi connectivity index (χ2v) is 4.03. The number of hydrogen-bond acceptors (Lipinski definition) is 5. The van der Waals surface area contributed by atoms with Crippen molar-refractivity contribution in [3.05, 3.63) is 34.4 Å². The van der Waals surface area contributed by atoms with E-state index in [1.54, 1.807) is 12.1 Å². The van der Waals surface area contributed by atoms with Gasteiger partial charge >= 0.3 is 0 Å². The number of nitriles is 1. The first-order valence-corrected chi connectivity index (χ1v) is 6.17. The maximum atomic E-state index is 10.6. The van der Waals surface area contributed by atoms with Crippen molar-refractivity contribution in [2.45, 2.75) is 25.8 Å². The summed E-state index contributed by atoms with van der Waals surface area (Å²) in [5.41, 5.74) is -0.00144. The molecule has 0 saturated heterocycles. The van der Waals surface area contributed by atoms with Gasteiger partial charge in [-0.05, 0) is 19.0 Å². The van der Waals surface area contributed by atoms with Gasteiger partial charge in [-0.25, -0.2) is 0 Å². The molecule has 0 saturated carbocycles. The molecule has 0 aliphatic carbocycles. The topological polar surface area (TPSA) is 88.2 Å². The number of ether oxygens (including phenoxy) is 1. The van der Waals surface area contributed by atoms with Crippen LogP contribution in [0.4, 0.5) is 5.69 Å². The Hall–Kier alpha value is -2.13. The molecule has 6 nitrogen and oxygen atoms in total. The summed E-state index contributed by atoms with van der Waals surface area (Å²) in [7, 11) is 0. The van der Waals surface area contributed by atoms with Crippen molar-refractivity contribution in [1.82, 2.24) is 5.32 Å². The molecule has 0 heterocycles. The second kappa shape index (κ2) is 8.06. The summed E-state index contributed by atoms with van der Waals surface area (Å²) in [5, 5.41) is 22.6. The first-order valence-electron chi connectivity index (χ1n) is 6.17. The van der Waals surface area contributed by atoms with Crippen LogP contribution >= 0.6 is 0 Å². The molecule has 1 aromatic carbocycles. The average Bonchev–Trinajstić information content (AvgIpc) is 2.43. The monoisotopic (exact) mass is 263 g/mol. The van der Waals surface area contributed by atoms with Crippen molar-refractivity contribution < 1.29 is 9.66 Å². The number of nitro groups is 1. The van der Waals surface area contributed by atoms with Crippen molar-refractivity contribution in [3.8, 4) is 11.8 Å². The summed E-state index contributed by atoms with van der Waals surface area (Å²) in [5.74, 6) is 0.446. The van der Waals surface area contributed by atoms with E-state index in [4.69, 9.17) is 10.00 Å². The third-order valence-corrected chi connectivity index (χ3v) is 2.50. The van der Waals surface area contributed by atoms with Crippen LogP contribution in [0.15, 0.2) is 24.3 Å². The first kappa shape index (κ1) is 14.9. The van der Waals surface area contributed by atoms with Gasteiger partial charge in [0.15, 0.2) is 0 Å². The van der Waals surface area contributed by atoms with Crippen LogP contribution in [0.2, 0.25) is 0 Å². The fourth-order valence-corrected chi connectivity index (χ4v) is 1.51. The maximum Gasteiger partial charge on any atom is 0.273 e. The zero-order valence-electron chi connectivity index (χ0n) is 10.8. The molecule has 0 radical (unpaired) electrons. The summed E-state index contributed by atoms with van der Waals surface area (Å²) in [6.45, 7) is 3.16. The molecular formula is C13H17N3O3. The highest BCUT2D eigenvalue weighted by Gasteiger charge is 2.08. The van der Waals surface area contributed by atoms with Crippen molar-refractivity contribution in [2.75, 3.05) is 13.2 Å². The highest BCUT2D eigenvalue weighted by molar-refractivity contribution is 5.37. The van der Waals surface area contributed by atoms with Crippen molar-refractivity contribution in [3.63, 3.8) is 0 Å². The van der Waals surface area contributed by atoms with Gasteiger partial charge in [-0.2, -0.15) is 5.26 Å². The number of hydrogen-bond donors (Lipinski definition) is 1. The summed E-state index contributed by atoms with van der Waals surface area (Å²) in [6, 6.07) is 7.92. The van der Waals surface area contributed by atoms with Gasteiger partial charge < -0.3 is 10.1 Å². The van der Waals surface area contributed by atoms with Crippen molar-refractivity contribution in [1.29, 1.82) is 5.26 Å². The molecule has 0 spiro atoms. The van der Waals surface area contributed by atoms with Crippen LogP contribution in [0.25, 0.3) is 0 Å². The van der Waals surface area contributed by atoms with E-state index < -0.39 is 4.92 Å². The van der Waals surface area contributed by atoms with Gasteiger partial charge in [-0.15, -0.1) is 0 Å².